The summed E-state index contributed by atoms with van der Waals surface area (Å²) < 4.78 is 5.43. The minimum Gasteiger partial charge on any atom is -0.508 e. The van der Waals surface area contributed by atoms with Crippen LogP contribution in [-0.4, -0.2) is 51.6 Å². The number of alkyl carbamates (subject to hydrolysis) is 1. The van der Waals surface area contributed by atoms with Crippen LogP contribution in [0.25, 0.3) is 0 Å². The van der Waals surface area contributed by atoms with Gasteiger partial charge in [-0.1, -0.05) is 36.4 Å². The number of benzene rings is 2. The highest BCUT2D eigenvalue weighted by molar-refractivity contribution is 5.92. The van der Waals surface area contributed by atoms with Crippen LogP contribution in [0.1, 0.15) is 71.2 Å². The maximum Gasteiger partial charge on any atom is 0.408 e. The number of phenols is 1. The van der Waals surface area contributed by atoms with Crippen molar-refractivity contribution in [2.75, 3.05) is 6.54 Å². The molecule has 8 nitrogen and oxygen atoms in total. The van der Waals surface area contributed by atoms with E-state index in [1.54, 1.807) is 39.8 Å². The van der Waals surface area contributed by atoms with E-state index in [1.165, 1.54) is 17.0 Å². The molecule has 0 aliphatic heterocycles. The van der Waals surface area contributed by atoms with Crippen molar-refractivity contribution in [2.45, 2.75) is 85.0 Å². The predicted molar refractivity (Wildman–Crippen MR) is 144 cm³/mol. The first-order chi connectivity index (χ1) is 17.1. The lowest BCUT2D eigenvalue weighted by atomic mass is 9.96. The number of aryl methyl sites for hydroxylation is 1. The van der Waals surface area contributed by atoms with Crippen LogP contribution in [0.5, 0.6) is 5.75 Å². The Kier molecular flexibility index (Phi) is 9.73. The minimum atomic E-state index is -1.01. The Labute approximate surface area is 220 Å². The van der Waals surface area contributed by atoms with E-state index in [0.717, 1.165) is 11.1 Å². The molecule has 2 unspecified atom stereocenters. The van der Waals surface area contributed by atoms with Gasteiger partial charge in [0.1, 0.15) is 23.4 Å². The fourth-order valence-corrected chi connectivity index (χ4v) is 3.97. The predicted octanol–water partition coefficient (Wildman–Crippen LogP) is 4.64. The van der Waals surface area contributed by atoms with Crippen molar-refractivity contribution in [3.05, 3.63) is 65.2 Å². The van der Waals surface area contributed by atoms with Crippen molar-refractivity contribution in [2.24, 2.45) is 0 Å². The second-order valence-corrected chi connectivity index (χ2v) is 11.2. The van der Waals surface area contributed by atoms with Gasteiger partial charge >= 0.3 is 6.09 Å². The van der Waals surface area contributed by atoms with Gasteiger partial charge in [0.05, 0.1) is 0 Å². The number of nitrogens with one attached hydrogen (secondary N) is 2. The number of nitrogens with zero attached hydrogens (tertiary/aromatic N) is 1. The van der Waals surface area contributed by atoms with Crippen LogP contribution < -0.4 is 10.6 Å². The normalized spacial score (nSPS) is 13.3. The first kappa shape index (κ1) is 29.7. The third-order valence-corrected chi connectivity index (χ3v) is 5.53. The van der Waals surface area contributed by atoms with Gasteiger partial charge in [-0.15, -0.1) is 0 Å². The van der Waals surface area contributed by atoms with E-state index in [4.69, 9.17) is 4.74 Å². The molecule has 0 fully saturated rings. The zero-order valence-electron chi connectivity index (χ0n) is 23.2. The van der Waals surface area contributed by atoms with Gasteiger partial charge in [0.25, 0.3) is 0 Å². The fourth-order valence-electron chi connectivity index (χ4n) is 3.97. The molecule has 0 saturated heterocycles. The van der Waals surface area contributed by atoms with E-state index >= 15 is 0 Å². The number of hydrogen-bond donors (Lipinski definition) is 3. The van der Waals surface area contributed by atoms with Gasteiger partial charge in [0.2, 0.25) is 11.8 Å². The lowest BCUT2D eigenvalue weighted by Crippen LogP contribution is -2.55. The number of ether oxygens (including phenoxy) is 1. The molecule has 2 aromatic rings. The summed E-state index contributed by atoms with van der Waals surface area (Å²) in [6.45, 7) is 14.8. The highest BCUT2D eigenvalue weighted by atomic mass is 16.6. The number of amides is 3. The largest absolute Gasteiger partial charge is 0.508 e. The summed E-state index contributed by atoms with van der Waals surface area (Å²) in [6.07, 6.45) is -0.580. The summed E-state index contributed by atoms with van der Waals surface area (Å²) in [5, 5.41) is 15.4. The van der Waals surface area contributed by atoms with Crippen molar-refractivity contribution < 1.29 is 24.2 Å². The summed E-state index contributed by atoms with van der Waals surface area (Å²) in [4.78, 5) is 41.9. The minimum absolute atomic E-state index is 0.0976. The number of hydrogen-bond acceptors (Lipinski definition) is 5. The Balaban J connectivity index is 2.51. The van der Waals surface area contributed by atoms with Crippen LogP contribution in [-0.2, 0) is 20.7 Å². The summed E-state index contributed by atoms with van der Waals surface area (Å²) in [7, 11) is 0. The molecule has 0 aromatic heterocycles. The maximum atomic E-state index is 14.1. The molecular weight excluding hydrogens is 470 g/mol. The van der Waals surface area contributed by atoms with Crippen molar-refractivity contribution >= 4 is 17.9 Å². The standard InChI is InChI=1S/C29H41N3O5/c1-9-32(24(25(34)31-28(3,4)5)22-13-11-10-12-19(22)2)26(35)23(30-27(36)37-29(6,7)8)18-20-14-16-21(33)17-15-20/h10-17,23-24,33H,9,18H2,1-8H3,(H,30,36)(H,31,34). The zero-order chi connectivity index (χ0) is 28.0. The fraction of sp³-hybridized carbons (Fsp3) is 0.483. The average Bonchev–Trinajstić information content (AvgIpc) is 2.76. The molecule has 0 heterocycles. The molecule has 2 rings (SSSR count). The van der Waals surface area contributed by atoms with E-state index in [2.05, 4.69) is 10.6 Å². The maximum absolute atomic E-state index is 14.1. The van der Waals surface area contributed by atoms with Gasteiger partial charge < -0.3 is 25.4 Å². The van der Waals surface area contributed by atoms with E-state index in [-0.39, 0.29) is 24.6 Å². The Morgan fingerprint density at radius 1 is 0.973 bits per heavy atom. The smallest absolute Gasteiger partial charge is 0.408 e. The van der Waals surface area contributed by atoms with Gasteiger partial charge in [0, 0.05) is 18.5 Å². The van der Waals surface area contributed by atoms with Gasteiger partial charge in [-0.25, -0.2) is 4.79 Å². The summed E-state index contributed by atoms with van der Waals surface area (Å²) in [5.41, 5.74) is 1.05. The van der Waals surface area contributed by atoms with Crippen LogP contribution in [0.4, 0.5) is 4.79 Å². The van der Waals surface area contributed by atoms with Gasteiger partial charge in [-0.05, 0) is 84.2 Å². The Hall–Kier alpha value is -3.55. The van der Waals surface area contributed by atoms with E-state index in [9.17, 15) is 19.5 Å². The second-order valence-electron chi connectivity index (χ2n) is 11.2. The molecule has 0 spiro atoms. The topological polar surface area (TPSA) is 108 Å². The van der Waals surface area contributed by atoms with Crippen LogP contribution in [0, 0.1) is 6.92 Å². The van der Waals surface area contributed by atoms with Crippen LogP contribution >= 0.6 is 0 Å². The van der Waals surface area contributed by atoms with Crippen molar-refractivity contribution in [3.8, 4) is 5.75 Å². The molecule has 0 aliphatic rings. The van der Waals surface area contributed by atoms with E-state index in [0.29, 0.717) is 5.56 Å². The third-order valence-electron chi connectivity index (χ3n) is 5.53. The van der Waals surface area contributed by atoms with Gasteiger partial charge in [-0.3, -0.25) is 9.59 Å². The molecule has 37 heavy (non-hydrogen) atoms. The SMILES string of the molecule is CCN(C(=O)C(Cc1ccc(O)cc1)NC(=O)OC(C)(C)C)C(C(=O)NC(C)(C)C)c1ccccc1C. The lowest BCUT2D eigenvalue weighted by Gasteiger charge is -2.36. The number of aromatic hydroxyl groups is 1. The van der Waals surface area contributed by atoms with Crippen molar-refractivity contribution in [1.29, 1.82) is 0 Å². The Morgan fingerprint density at radius 3 is 2.08 bits per heavy atom. The lowest BCUT2D eigenvalue weighted by molar-refractivity contribution is -0.142. The molecule has 202 valence electrons. The first-order valence-electron chi connectivity index (χ1n) is 12.6. The molecule has 2 aromatic carbocycles. The molecule has 8 heteroatoms. The van der Waals surface area contributed by atoms with Crippen LogP contribution in [0.3, 0.4) is 0 Å². The Morgan fingerprint density at radius 2 is 1.57 bits per heavy atom. The molecular formula is C29H41N3O5. The van der Waals surface area contributed by atoms with Crippen LogP contribution in [0.2, 0.25) is 0 Å². The van der Waals surface area contributed by atoms with Gasteiger partial charge in [-0.2, -0.15) is 0 Å². The molecule has 0 aliphatic carbocycles. The Bertz CT molecular complexity index is 1080. The summed E-state index contributed by atoms with van der Waals surface area (Å²) in [5.74, 6) is -0.628. The summed E-state index contributed by atoms with van der Waals surface area (Å²) in [6, 6.07) is 12.0. The summed E-state index contributed by atoms with van der Waals surface area (Å²) >= 11 is 0. The number of carbonyl (C=O) groups is 3. The second kappa shape index (κ2) is 12.1. The highest BCUT2D eigenvalue weighted by Crippen LogP contribution is 2.27. The molecule has 0 radical (unpaired) electrons. The average molecular weight is 512 g/mol. The van der Waals surface area contributed by atoms with Crippen molar-refractivity contribution in [1.82, 2.24) is 15.5 Å². The van der Waals surface area contributed by atoms with Gasteiger partial charge in [0.15, 0.2) is 0 Å². The molecule has 0 bridgehead atoms. The third kappa shape index (κ3) is 9.12. The number of carbonyl (C=O) groups excluding carboxylic acids is 3. The molecule has 0 saturated carbocycles. The molecule has 2 atom stereocenters. The zero-order valence-corrected chi connectivity index (χ0v) is 23.2. The number of likely N-dealkylation sites (N-methyl/N-ethyl adjacent to an activating group) is 1. The monoisotopic (exact) mass is 511 g/mol. The highest BCUT2D eigenvalue weighted by Gasteiger charge is 2.37. The van der Waals surface area contributed by atoms with E-state index in [1.807, 2.05) is 52.0 Å². The molecule has 3 N–H and O–H groups in total. The quantitative estimate of drug-likeness (QED) is 0.479. The van der Waals surface area contributed by atoms with Crippen LogP contribution in [0.15, 0.2) is 48.5 Å². The van der Waals surface area contributed by atoms with Crippen molar-refractivity contribution in [3.63, 3.8) is 0 Å². The number of phenolic OH excluding ortho intramolecular Hbond substituents is 1. The van der Waals surface area contributed by atoms with E-state index < -0.39 is 35.2 Å². The first-order valence-corrected chi connectivity index (χ1v) is 12.6. The number of rotatable bonds is 8. The molecule has 3 amide bonds.